The van der Waals surface area contributed by atoms with Crippen LogP contribution in [0.2, 0.25) is 0 Å². The van der Waals surface area contributed by atoms with Crippen LogP contribution in [0.1, 0.15) is 89.0 Å². The first-order valence-corrected chi connectivity index (χ1v) is 12.1. The fourth-order valence-electron chi connectivity index (χ4n) is 8.38. The maximum atomic E-state index is 13.4. The second-order valence-electron chi connectivity index (χ2n) is 11.3. The third-order valence-corrected chi connectivity index (χ3v) is 10.2. The summed E-state index contributed by atoms with van der Waals surface area (Å²) < 4.78 is 27.6. The van der Waals surface area contributed by atoms with Crippen molar-refractivity contribution in [2.45, 2.75) is 97.1 Å². The second kappa shape index (κ2) is 7.18. The predicted octanol–water partition coefficient (Wildman–Crippen LogP) is 5.25. The van der Waals surface area contributed by atoms with Gasteiger partial charge in [-0.3, -0.25) is 4.79 Å². The van der Waals surface area contributed by atoms with Crippen molar-refractivity contribution >= 4 is 5.78 Å². The first-order chi connectivity index (χ1) is 15.3. The normalized spacial score (nSPS) is 52.3. The molecule has 30 heavy (non-hydrogen) atoms. The van der Waals surface area contributed by atoms with Crippen molar-refractivity contribution < 1.29 is 14.0 Å². The van der Waals surface area contributed by atoms with Gasteiger partial charge in [-0.25, -0.2) is 4.98 Å². The zero-order valence-electron chi connectivity index (χ0n) is 21.9. The number of carbonyl (C=O) groups excluding carboxylic acids is 1. The Morgan fingerprint density at radius 2 is 1.97 bits per heavy atom. The lowest BCUT2D eigenvalue weighted by molar-refractivity contribution is -0.154. The number of ketones is 1. The first-order valence-electron chi connectivity index (χ1n) is 13.6. The van der Waals surface area contributed by atoms with Crippen molar-refractivity contribution in [3.63, 3.8) is 0 Å². The van der Waals surface area contributed by atoms with Crippen molar-refractivity contribution in [2.75, 3.05) is 0 Å². The van der Waals surface area contributed by atoms with Crippen LogP contribution in [-0.4, -0.2) is 26.0 Å². The van der Waals surface area contributed by atoms with E-state index in [1.54, 1.807) is 23.3 Å². The van der Waals surface area contributed by atoms with Crippen LogP contribution in [-0.2, 0) is 11.3 Å². The molecule has 5 rings (SSSR count). The van der Waals surface area contributed by atoms with E-state index in [0.717, 1.165) is 38.5 Å². The van der Waals surface area contributed by atoms with E-state index in [-0.39, 0.29) is 23.2 Å². The highest BCUT2D eigenvalue weighted by molar-refractivity contribution is 5.82. The molecule has 1 heterocycles. The van der Waals surface area contributed by atoms with Crippen LogP contribution in [0.5, 0.6) is 0 Å². The lowest BCUT2D eigenvalue weighted by atomic mass is 9.43. The van der Waals surface area contributed by atoms with Gasteiger partial charge in [0.15, 0.2) is 5.78 Å². The van der Waals surface area contributed by atoms with Crippen molar-refractivity contribution in [3.8, 4) is 0 Å². The molecular weight excluding hydrogens is 372 g/mol. The van der Waals surface area contributed by atoms with Crippen LogP contribution >= 0.6 is 0 Å². The van der Waals surface area contributed by atoms with Crippen LogP contribution in [0.4, 0.5) is 0 Å². The van der Waals surface area contributed by atoms with E-state index >= 15 is 0 Å². The summed E-state index contributed by atoms with van der Waals surface area (Å²) in [6.07, 6.45) is 11.2. The van der Waals surface area contributed by atoms with Crippen LogP contribution in [0, 0.1) is 40.4 Å². The third kappa shape index (κ3) is 3.04. The summed E-state index contributed by atoms with van der Waals surface area (Å²) in [4.78, 5) is 17.5. The van der Waals surface area contributed by atoms with Gasteiger partial charge in [0.2, 0.25) is 0 Å². The molecule has 0 spiro atoms. The first kappa shape index (κ1) is 17.4. The molecule has 0 aromatic carbocycles. The number of hydrogen-bond donors (Lipinski definition) is 1. The van der Waals surface area contributed by atoms with E-state index in [1.807, 2.05) is 0 Å². The highest BCUT2D eigenvalue weighted by atomic mass is 16.3. The minimum Gasteiger partial charge on any atom is -0.390 e. The van der Waals surface area contributed by atoms with Crippen molar-refractivity contribution in [1.29, 1.82) is 0 Å². The minimum absolute atomic E-state index is 0.0248. The molecule has 4 saturated carbocycles. The van der Waals surface area contributed by atoms with E-state index in [0.29, 0.717) is 42.9 Å². The van der Waals surface area contributed by atoms with Gasteiger partial charge in [-0.2, -0.15) is 0 Å². The Kier molecular flexibility index (Phi) is 4.17. The molecule has 8 atom stereocenters. The second-order valence-corrected chi connectivity index (χ2v) is 11.3. The van der Waals surface area contributed by atoms with E-state index < -0.39 is 17.9 Å². The molecule has 0 amide bonds. The van der Waals surface area contributed by atoms with E-state index in [1.165, 1.54) is 6.92 Å². The molecule has 0 unspecified atom stereocenters. The largest absolute Gasteiger partial charge is 0.390 e. The molecular formula is C26H40N2O2. The summed E-state index contributed by atoms with van der Waals surface area (Å²) >= 11 is 0. The van der Waals surface area contributed by atoms with Gasteiger partial charge in [-0.15, -0.1) is 0 Å². The van der Waals surface area contributed by atoms with Gasteiger partial charge in [0.05, 0.1) is 18.5 Å². The third-order valence-electron chi connectivity index (χ3n) is 10.2. The van der Waals surface area contributed by atoms with Gasteiger partial charge >= 0.3 is 0 Å². The Labute approximate surface area is 186 Å². The molecule has 1 N–H and O–H groups in total. The molecule has 1 aromatic heterocycles. The molecule has 1 aromatic rings. The van der Waals surface area contributed by atoms with Crippen molar-refractivity contribution in [2.24, 2.45) is 40.4 Å². The highest BCUT2D eigenvalue weighted by Gasteiger charge is 2.61. The number of aliphatic hydroxyl groups is 1. The fraction of sp³-hybridized carbons (Fsp3) is 0.846. The molecule has 4 heteroatoms. The zero-order valence-corrected chi connectivity index (χ0v) is 18.9. The number of Topliss-reactive ketones (excluding diaryl/α,β-unsaturated/α-hetero) is 1. The van der Waals surface area contributed by atoms with Gasteiger partial charge in [-0.05, 0) is 98.7 Å². The summed E-state index contributed by atoms with van der Waals surface area (Å²) in [5, 5.41) is 11.1. The van der Waals surface area contributed by atoms with Crippen LogP contribution in [0.25, 0.3) is 0 Å². The van der Waals surface area contributed by atoms with E-state index in [4.69, 9.17) is 2.74 Å². The van der Waals surface area contributed by atoms with Gasteiger partial charge in [0.25, 0.3) is 0 Å². The Morgan fingerprint density at radius 1 is 1.17 bits per heavy atom. The number of nitrogens with zero attached hydrogens (tertiary/aromatic N) is 2. The molecule has 4 aliphatic carbocycles. The molecule has 4 nitrogen and oxygen atoms in total. The highest BCUT2D eigenvalue weighted by Crippen LogP contribution is 2.68. The number of rotatable bonds is 4. The van der Waals surface area contributed by atoms with E-state index in [9.17, 15) is 11.3 Å². The summed E-state index contributed by atoms with van der Waals surface area (Å²) in [7, 11) is 0. The molecule has 4 aliphatic rings. The van der Waals surface area contributed by atoms with Gasteiger partial charge in [0, 0.05) is 22.4 Å². The summed E-state index contributed by atoms with van der Waals surface area (Å²) in [5.74, 6) is 0.821. The minimum atomic E-state index is -1.58. The lowest BCUT2D eigenvalue weighted by Gasteiger charge is -2.62. The van der Waals surface area contributed by atoms with Crippen LogP contribution in [0.15, 0.2) is 18.7 Å². The lowest BCUT2D eigenvalue weighted by Crippen LogP contribution is -2.56. The standard InChI is InChI=1S/C26H40N2O2/c1-4-26(30)12-11-24(2)18(15-26)5-6-19-20-7-8-22(25(20,3)10-9-21(19)24)23(29)16-28-14-13-27-17-28/h13-14,17-22,30H,4-12,15-16H2,1-3H3/t18-,19-,20-,21-,22+,24-,25-,26+/m0/s1/i4D2,22D. The monoisotopic (exact) mass is 415 g/mol. The fourth-order valence-corrected chi connectivity index (χ4v) is 8.38. The average molecular weight is 416 g/mol. The molecule has 0 saturated heterocycles. The Bertz CT molecular complexity index is 917. The zero-order chi connectivity index (χ0) is 23.9. The number of fused-ring (bicyclic) bond motifs is 5. The predicted molar refractivity (Wildman–Crippen MR) is 118 cm³/mol. The molecule has 166 valence electrons. The number of imidazole rings is 1. The number of aromatic nitrogens is 2. The molecule has 0 radical (unpaired) electrons. The SMILES string of the molecule is [2H]C([2H])(C)[C@@]1(O)CC[C@@]2(C)[C@@H](CC[C@@H]3[C@@H]2CC[C@@]2(C)[C@H]3CC[C@]2([2H])C(=O)Cn2ccnc2)C1. The van der Waals surface area contributed by atoms with E-state index in [2.05, 4.69) is 18.8 Å². The van der Waals surface area contributed by atoms with Crippen LogP contribution < -0.4 is 0 Å². The van der Waals surface area contributed by atoms with Crippen molar-refractivity contribution in [3.05, 3.63) is 18.7 Å². The maximum absolute atomic E-state index is 13.4. The summed E-state index contributed by atoms with van der Waals surface area (Å²) in [5.41, 5.74) is -1.39. The summed E-state index contributed by atoms with van der Waals surface area (Å²) in [6, 6.07) is 0. The Morgan fingerprint density at radius 3 is 2.70 bits per heavy atom. The van der Waals surface area contributed by atoms with Crippen LogP contribution in [0.3, 0.4) is 0 Å². The smallest absolute Gasteiger partial charge is 0.156 e. The number of carbonyl (C=O) groups is 1. The Hall–Kier alpha value is -1.16. The van der Waals surface area contributed by atoms with Gasteiger partial charge < -0.3 is 9.67 Å². The topological polar surface area (TPSA) is 55.1 Å². The Balaban J connectivity index is 1.38. The quantitative estimate of drug-likeness (QED) is 0.730. The molecule has 0 bridgehead atoms. The van der Waals surface area contributed by atoms with Gasteiger partial charge in [-0.1, -0.05) is 20.8 Å². The maximum Gasteiger partial charge on any atom is 0.156 e. The summed E-state index contributed by atoms with van der Waals surface area (Å²) in [6.45, 7) is 6.38. The van der Waals surface area contributed by atoms with Gasteiger partial charge in [0.1, 0.15) is 0 Å². The average Bonchev–Trinajstić information content (AvgIpc) is 3.34. The molecule has 4 fully saturated rings. The molecule has 0 aliphatic heterocycles. The van der Waals surface area contributed by atoms with Crippen molar-refractivity contribution in [1.82, 2.24) is 9.55 Å². The number of hydrogen-bond acceptors (Lipinski definition) is 3.